The van der Waals surface area contributed by atoms with Gasteiger partial charge in [-0.3, -0.25) is 15.3 Å². The van der Waals surface area contributed by atoms with E-state index in [0.717, 1.165) is 18.8 Å². The molecule has 2 aliphatic heterocycles. The number of rotatable bonds is 3. The Morgan fingerprint density at radius 3 is 2.72 bits per heavy atom. The van der Waals surface area contributed by atoms with E-state index in [9.17, 15) is 17.6 Å². The van der Waals surface area contributed by atoms with Crippen molar-refractivity contribution in [1.29, 1.82) is 0 Å². The van der Waals surface area contributed by atoms with Gasteiger partial charge in [0, 0.05) is 31.5 Å². The molecule has 11 heteroatoms. The first-order valence-corrected chi connectivity index (χ1v) is 10.5. The molecule has 0 radical (unpaired) electrons. The van der Waals surface area contributed by atoms with Gasteiger partial charge >= 0.3 is 6.18 Å². The van der Waals surface area contributed by atoms with Crippen LogP contribution in [-0.4, -0.2) is 51.2 Å². The van der Waals surface area contributed by atoms with Crippen molar-refractivity contribution >= 4 is 11.5 Å². The van der Waals surface area contributed by atoms with Crippen LogP contribution in [-0.2, 0) is 6.18 Å². The van der Waals surface area contributed by atoms with Crippen molar-refractivity contribution in [2.75, 3.05) is 24.5 Å². The summed E-state index contributed by atoms with van der Waals surface area (Å²) in [6.45, 7) is 3.74. The smallest absolute Gasteiger partial charge is 0.353 e. The molecule has 170 valence electrons. The van der Waals surface area contributed by atoms with Gasteiger partial charge in [0.1, 0.15) is 23.3 Å². The largest absolute Gasteiger partial charge is 0.417 e. The first kappa shape index (κ1) is 21.1. The molecule has 0 saturated carbocycles. The van der Waals surface area contributed by atoms with Crippen LogP contribution in [0.3, 0.4) is 0 Å². The van der Waals surface area contributed by atoms with E-state index in [2.05, 4.69) is 32.7 Å². The van der Waals surface area contributed by atoms with Crippen molar-refractivity contribution in [3.05, 3.63) is 42.4 Å². The van der Waals surface area contributed by atoms with E-state index in [4.69, 9.17) is 0 Å². The molecular formula is C21H23F4N7. The summed E-state index contributed by atoms with van der Waals surface area (Å²) in [5.41, 5.74) is 6.25. The maximum Gasteiger partial charge on any atom is 0.417 e. The van der Waals surface area contributed by atoms with Crippen molar-refractivity contribution in [3.8, 4) is 11.5 Å². The molecule has 7 nitrogen and oxygen atoms in total. The Hall–Kier alpha value is -2.79. The molecule has 3 aromatic rings. The van der Waals surface area contributed by atoms with Gasteiger partial charge in [0.15, 0.2) is 5.82 Å². The molecule has 2 N–H and O–H groups in total. The highest BCUT2D eigenvalue weighted by molar-refractivity contribution is 5.59. The van der Waals surface area contributed by atoms with E-state index in [1.165, 1.54) is 16.7 Å². The summed E-state index contributed by atoms with van der Waals surface area (Å²) in [7, 11) is 0. The van der Waals surface area contributed by atoms with Crippen molar-refractivity contribution in [1.82, 2.24) is 30.2 Å². The van der Waals surface area contributed by atoms with Crippen molar-refractivity contribution in [3.63, 3.8) is 0 Å². The fourth-order valence-corrected chi connectivity index (χ4v) is 4.73. The van der Waals surface area contributed by atoms with E-state index in [1.807, 2.05) is 4.90 Å². The SMILES string of the molecule is CC1NNCC1C1CC(F)CN(c2ccnc(-c3cnc4ccc(C(F)(F)F)cn34)n2)C1. The Bertz CT molecular complexity index is 1110. The highest BCUT2D eigenvalue weighted by Gasteiger charge is 2.37. The molecule has 0 amide bonds. The number of nitrogens with one attached hydrogen (secondary N) is 2. The average Bonchev–Trinajstić information content (AvgIpc) is 3.38. The quantitative estimate of drug-likeness (QED) is 0.599. The molecule has 0 aromatic carbocycles. The summed E-state index contributed by atoms with van der Waals surface area (Å²) in [5.74, 6) is 1.25. The summed E-state index contributed by atoms with van der Waals surface area (Å²) in [6, 6.07) is 4.25. The lowest BCUT2D eigenvalue weighted by atomic mass is 9.82. The van der Waals surface area contributed by atoms with Gasteiger partial charge in [-0.1, -0.05) is 0 Å². The number of alkyl halides is 4. The third kappa shape index (κ3) is 3.90. The topological polar surface area (TPSA) is 70.4 Å². The fraction of sp³-hybridized carbons (Fsp3) is 0.476. The Labute approximate surface area is 181 Å². The van der Waals surface area contributed by atoms with E-state index < -0.39 is 17.9 Å². The lowest BCUT2D eigenvalue weighted by Crippen LogP contribution is -2.46. The molecule has 2 fully saturated rings. The van der Waals surface area contributed by atoms with Crippen LogP contribution in [0.1, 0.15) is 18.9 Å². The Morgan fingerprint density at radius 1 is 1.12 bits per heavy atom. The number of aromatic nitrogens is 4. The van der Waals surface area contributed by atoms with E-state index >= 15 is 0 Å². The molecule has 0 bridgehead atoms. The van der Waals surface area contributed by atoms with Gasteiger partial charge in [0.2, 0.25) is 0 Å². The van der Waals surface area contributed by atoms with Crippen LogP contribution in [0.15, 0.2) is 36.8 Å². The molecule has 5 rings (SSSR count). The standard InChI is InChI=1S/C21H23F4N7/c1-12-16(7-28-30-12)13-6-15(22)11-31(9-13)19-4-5-26-20(29-19)17-8-27-18-3-2-14(10-32(17)18)21(23,24)25/h2-5,8,10,12-13,15-16,28,30H,6-7,9,11H2,1H3. The highest BCUT2D eigenvalue weighted by Crippen LogP contribution is 2.33. The lowest BCUT2D eigenvalue weighted by molar-refractivity contribution is -0.137. The van der Waals surface area contributed by atoms with E-state index in [-0.39, 0.29) is 24.3 Å². The monoisotopic (exact) mass is 449 g/mol. The number of imidazole rings is 1. The summed E-state index contributed by atoms with van der Waals surface area (Å²) in [4.78, 5) is 14.9. The third-order valence-electron chi connectivity index (χ3n) is 6.37. The van der Waals surface area contributed by atoms with Crippen molar-refractivity contribution in [2.24, 2.45) is 11.8 Å². The van der Waals surface area contributed by atoms with Gasteiger partial charge in [0.05, 0.1) is 18.3 Å². The second-order valence-electron chi connectivity index (χ2n) is 8.50. The van der Waals surface area contributed by atoms with Gasteiger partial charge in [-0.2, -0.15) is 13.2 Å². The van der Waals surface area contributed by atoms with E-state index in [1.54, 1.807) is 12.3 Å². The number of hydrogen-bond donors (Lipinski definition) is 2. The second kappa shape index (κ2) is 7.96. The fourth-order valence-electron chi connectivity index (χ4n) is 4.73. The van der Waals surface area contributed by atoms with Gasteiger partial charge < -0.3 is 4.90 Å². The molecule has 4 unspecified atom stereocenters. The minimum absolute atomic E-state index is 0.153. The lowest BCUT2D eigenvalue weighted by Gasteiger charge is -2.38. The van der Waals surface area contributed by atoms with Crippen LogP contribution < -0.4 is 15.8 Å². The zero-order valence-electron chi connectivity index (χ0n) is 17.3. The van der Waals surface area contributed by atoms with Crippen LogP contribution in [0.4, 0.5) is 23.4 Å². The second-order valence-corrected chi connectivity index (χ2v) is 8.50. The molecule has 4 atom stereocenters. The summed E-state index contributed by atoms with van der Waals surface area (Å²) >= 11 is 0. The zero-order chi connectivity index (χ0) is 22.5. The van der Waals surface area contributed by atoms with Gasteiger partial charge in [-0.25, -0.2) is 19.3 Å². The third-order valence-corrected chi connectivity index (χ3v) is 6.37. The number of hydrazine groups is 1. The van der Waals surface area contributed by atoms with Crippen LogP contribution in [0.25, 0.3) is 17.2 Å². The minimum atomic E-state index is -4.47. The van der Waals surface area contributed by atoms with Crippen molar-refractivity contribution < 1.29 is 17.6 Å². The normalized spacial score (nSPS) is 26.7. The minimum Gasteiger partial charge on any atom is -0.353 e. The molecule has 32 heavy (non-hydrogen) atoms. The van der Waals surface area contributed by atoms with Crippen LogP contribution in [0.2, 0.25) is 0 Å². The number of pyridine rings is 1. The predicted molar refractivity (Wildman–Crippen MR) is 111 cm³/mol. The summed E-state index contributed by atoms with van der Waals surface area (Å²) < 4.78 is 55.5. The molecule has 2 aliphatic rings. The molecular weight excluding hydrogens is 426 g/mol. The number of hydrogen-bond acceptors (Lipinski definition) is 6. The maximum absolute atomic E-state index is 14.6. The first-order valence-electron chi connectivity index (χ1n) is 10.5. The molecule has 0 aliphatic carbocycles. The van der Waals surface area contributed by atoms with Gasteiger partial charge in [0.25, 0.3) is 0 Å². The van der Waals surface area contributed by atoms with Crippen LogP contribution in [0.5, 0.6) is 0 Å². The van der Waals surface area contributed by atoms with Crippen molar-refractivity contribution in [2.45, 2.75) is 31.7 Å². The Balaban J connectivity index is 1.46. The number of anilines is 1. The average molecular weight is 449 g/mol. The number of fused-ring (bicyclic) bond motifs is 1. The Kier molecular flexibility index (Phi) is 5.25. The molecule has 3 aromatic heterocycles. The predicted octanol–water partition coefficient (Wildman–Crippen LogP) is 3.09. The summed E-state index contributed by atoms with van der Waals surface area (Å²) in [5, 5.41) is 0. The van der Waals surface area contributed by atoms with Gasteiger partial charge in [-0.15, -0.1) is 0 Å². The van der Waals surface area contributed by atoms with Gasteiger partial charge in [-0.05, 0) is 43.4 Å². The zero-order valence-corrected chi connectivity index (χ0v) is 17.3. The Morgan fingerprint density at radius 2 is 1.97 bits per heavy atom. The number of halogens is 4. The maximum atomic E-state index is 14.6. The van der Waals surface area contributed by atoms with Crippen LogP contribution >= 0.6 is 0 Å². The first-order chi connectivity index (χ1) is 15.3. The van der Waals surface area contributed by atoms with E-state index in [0.29, 0.717) is 36.0 Å². The number of nitrogens with zero attached hydrogens (tertiary/aromatic N) is 5. The number of piperidine rings is 1. The molecule has 2 saturated heterocycles. The molecule has 0 spiro atoms. The van der Waals surface area contributed by atoms with Crippen LogP contribution in [0, 0.1) is 11.8 Å². The summed E-state index contributed by atoms with van der Waals surface area (Å²) in [6.07, 6.45) is -0.973. The molecule has 5 heterocycles. The highest BCUT2D eigenvalue weighted by atomic mass is 19.4.